The van der Waals surface area contributed by atoms with Crippen molar-refractivity contribution in [2.24, 2.45) is 0 Å². The first-order chi connectivity index (χ1) is 9.00. The molecular formula is C15H17NO2S. The number of hydrogen-bond donors (Lipinski definition) is 1. The summed E-state index contributed by atoms with van der Waals surface area (Å²) in [4.78, 5) is 0.632. The fourth-order valence-electron chi connectivity index (χ4n) is 1.80. The van der Waals surface area contributed by atoms with Crippen LogP contribution in [-0.4, -0.2) is 14.5 Å². The molecule has 1 N–H and O–H groups in total. The molecule has 0 aromatic heterocycles. The average Bonchev–Trinajstić information content (AvgIpc) is 2.40. The van der Waals surface area contributed by atoms with E-state index < -0.39 is 9.84 Å². The molecule has 0 aliphatic rings. The Labute approximate surface area is 114 Å². The third-order valence-corrected chi connectivity index (χ3v) is 4.46. The predicted octanol–water partition coefficient (Wildman–Crippen LogP) is 3.34. The summed E-state index contributed by atoms with van der Waals surface area (Å²) in [5, 5.41) is 3.23. The van der Waals surface area contributed by atoms with Gasteiger partial charge in [0.25, 0.3) is 0 Å². The van der Waals surface area contributed by atoms with Crippen LogP contribution in [0.2, 0.25) is 0 Å². The number of sulfone groups is 1. The normalized spacial score (nSPS) is 11.5. The fraction of sp³-hybridized carbons (Fsp3) is 0.200. The van der Waals surface area contributed by atoms with Gasteiger partial charge in [0.2, 0.25) is 9.84 Å². The quantitative estimate of drug-likeness (QED) is 0.931. The van der Waals surface area contributed by atoms with E-state index in [1.54, 1.807) is 54.6 Å². The maximum absolute atomic E-state index is 12.3. The van der Waals surface area contributed by atoms with Crippen molar-refractivity contribution in [3.05, 3.63) is 54.6 Å². The molecule has 19 heavy (non-hydrogen) atoms. The van der Waals surface area contributed by atoms with Crippen LogP contribution in [-0.2, 0) is 9.84 Å². The third-order valence-electron chi connectivity index (χ3n) is 2.67. The largest absolute Gasteiger partial charge is 0.383 e. The molecule has 0 bridgehead atoms. The Bertz CT molecular complexity index is 632. The van der Waals surface area contributed by atoms with Gasteiger partial charge in [-0.25, -0.2) is 8.42 Å². The second kappa shape index (κ2) is 5.45. The Balaban J connectivity index is 2.32. The highest BCUT2D eigenvalue weighted by Gasteiger charge is 2.16. The first kappa shape index (κ1) is 13.6. The molecule has 0 spiro atoms. The minimum absolute atomic E-state index is 0.313. The number of hydrogen-bond acceptors (Lipinski definition) is 3. The molecule has 100 valence electrons. The smallest absolute Gasteiger partial charge is 0.206 e. The van der Waals surface area contributed by atoms with Crippen LogP contribution in [0.1, 0.15) is 13.8 Å². The summed E-state index contributed by atoms with van der Waals surface area (Å²) in [5.41, 5.74) is 0.919. The molecule has 0 radical (unpaired) electrons. The zero-order valence-corrected chi connectivity index (χ0v) is 11.8. The number of rotatable bonds is 4. The lowest BCUT2D eigenvalue weighted by Crippen LogP contribution is -2.09. The van der Waals surface area contributed by atoms with Gasteiger partial charge in [0, 0.05) is 11.7 Å². The Hall–Kier alpha value is -1.81. The van der Waals surface area contributed by atoms with Crippen molar-refractivity contribution in [1.82, 2.24) is 0 Å². The van der Waals surface area contributed by atoms with Gasteiger partial charge in [0.15, 0.2) is 0 Å². The van der Waals surface area contributed by atoms with Crippen LogP contribution < -0.4 is 5.32 Å². The van der Waals surface area contributed by atoms with Gasteiger partial charge < -0.3 is 5.32 Å². The highest BCUT2D eigenvalue weighted by atomic mass is 32.2. The van der Waals surface area contributed by atoms with Gasteiger partial charge in [0.05, 0.1) is 9.79 Å². The van der Waals surface area contributed by atoms with Crippen molar-refractivity contribution in [1.29, 1.82) is 0 Å². The molecule has 3 nitrogen and oxygen atoms in total. The van der Waals surface area contributed by atoms with E-state index in [1.165, 1.54) is 0 Å². The van der Waals surface area contributed by atoms with Gasteiger partial charge in [-0.2, -0.15) is 0 Å². The van der Waals surface area contributed by atoms with Crippen LogP contribution in [0.5, 0.6) is 0 Å². The second-order valence-corrected chi connectivity index (χ2v) is 6.59. The van der Waals surface area contributed by atoms with Crippen molar-refractivity contribution in [2.75, 3.05) is 5.32 Å². The average molecular weight is 275 g/mol. The minimum atomic E-state index is -3.41. The lowest BCUT2D eigenvalue weighted by molar-refractivity contribution is 0.596. The molecule has 0 atom stereocenters. The first-order valence-electron chi connectivity index (χ1n) is 6.17. The van der Waals surface area contributed by atoms with E-state index in [4.69, 9.17) is 0 Å². The molecule has 0 fully saturated rings. The van der Waals surface area contributed by atoms with Crippen molar-refractivity contribution >= 4 is 15.5 Å². The molecule has 0 amide bonds. The van der Waals surface area contributed by atoms with Crippen LogP contribution in [0.15, 0.2) is 64.4 Å². The second-order valence-electron chi connectivity index (χ2n) is 4.64. The van der Waals surface area contributed by atoms with Crippen molar-refractivity contribution < 1.29 is 8.42 Å². The lowest BCUT2D eigenvalue weighted by Gasteiger charge is -2.10. The summed E-state index contributed by atoms with van der Waals surface area (Å²) in [6.45, 7) is 4.07. The molecule has 2 rings (SSSR count). The maximum Gasteiger partial charge on any atom is 0.206 e. The summed E-state index contributed by atoms with van der Waals surface area (Å²) < 4.78 is 24.7. The monoisotopic (exact) mass is 275 g/mol. The molecule has 0 aliphatic carbocycles. The summed E-state index contributed by atoms with van der Waals surface area (Å²) in [7, 11) is -3.41. The van der Waals surface area contributed by atoms with Crippen LogP contribution in [0.25, 0.3) is 0 Å². The summed E-state index contributed by atoms with van der Waals surface area (Å²) in [6.07, 6.45) is 0. The Morgan fingerprint density at radius 2 is 1.37 bits per heavy atom. The van der Waals surface area contributed by atoms with E-state index >= 15 is 0 Å². The summed E-state index contributed by atoms with van der Waals surface area (Å²) >= 11 is 0. The fourth-order valence-corrected chi connectivity index (χ4v) is 3.08. The minimum Gasteiger partial charge on any atom is -0.383 e. The zero-order valence-electron chi connectivity index (χ0n) is 11.0. The van der Waals surface area contributed by atoms with Crippen molar-refractivity contribution in [3.63, 3.8) is 0 Å². The molecule has 0 unspecified atom stereocenters. The van der Waals surface area contributed by atoms with E-state index in [0.717, 1.165) is 5.69 Å². The standard InChI is InChI=1S/C15H17NO2S/c1-12(2)16-13-8-10-15(11-9-13)19(17,18)14-6-4-3-5-7-14/h3-12,16H,1-2H3. The van der Waals surface area contributed by atoms with Crippen molar-refractivity contribution in [2.45, 2.75) is 29.7 Å². The van der Waals surface area contributed by atoms with E-state index in [-0.39, 0.29) is 0 Å². The van der Waals surface area contributed by atoms with Crippen LogP contribution >= 0.6 is 0 Å². The van der Waals surface area contributed by atoms with E-state index in [0.29, 0.717) is 15.8 Å². The van der Waals surface area contributed by atoms with Crippen LogP contribution in [0.3, 0.4) is 0 Å². The number of benzene rings is 2. The highest BCUT2D eigenvalue weighted by molar-refractivity contribution is 7.91. The molecule has 0 saturated carbocycles. The van der Waals surface area contributed by atoms with Gasteiger partial charge in [0.1, 0.15) is 0 Å². The Kier molecular flexibility index (Phi) is 3.90. The Morgan fingerprint density at radius 3 is 1.89 bits per heavy atom. The molecule has 0 saturated heterocycles. The Morgan fingerprint density at radius 1 is 0.842 bits per heavy atom. The number of anilines is 1. The summed E-state index contributed by atoms with van der Waals surface area (Å²) in [5.74, 6) is 0. The third kappa shape index (κ3) is 3.15. The lowest BCUT2D eigenvalue weighted by atomic mass is 10.3. The molecule has 2 aromatic carbocycles. The molecule has 0 aliphatic heterocycles. The molecular weight excluding hydrogens is 258 g/mol. The van der Waals surface area contributed by atoms with Gasteiger partial charge in [-0.3, -0.25) is 0 Å². The van der Waals surface area contributed by atoms with E-state index in [2.05, 4.69) is 5.32 Å². The van der Waals surface area contributed by atoms with Gasteiger partial charge in [-0.1, -0.05) is 18.2 Å². The van der Waals surface area contributed by atoms with Crippen LogP contribution in [0.4, 0.5) is 5.69 Å². The van der Waals surface area contributed by atoms with Gasteiger partial charge in [-0.15, -0.1) is 0 Å². The topological polar surface area (TPSA) is 46.2 Å². The summed E-state index contributed by atoms with van der Waals surface area (Å²) in [6, 6.07) is 15.6. The van der Waals surface area contributed by atoms with E-state index in [9.17, 15) is 8.42 Å². The van der Waals surface area contributed by atoms with Gasteiger partial charge >= 0.3 is 0 Å². The first-order valence-corrected chi connectivity index (χ1v) is 7.65. The van der Waals surface area contributed by atoms with Crippen LogP contribution in [0, 0.1) is 0 Å². The molecule has 0 heterocycles. The molecule has 4 heteroatoms. The van der Waals surface area contributed by atoms with Crippen molar-refractivity contribution in [3.8, 4) is 0 Å². The molecule has 2 aromatic rings. The zero-order chi connectivity index (χ0) is 13.9. The van der Waals surface area contributed by atoms with E-state index in [1.807, 2.05) is 13.8 Å². The maximum atomic E-state index is 12.3. The number of nitrogens with one attached hydrogen (secondary N) is 1. The predicted molar refractivity (Wildman–Crippen MR) is 77.1 cm³/mol. The SMILES string of the molecule is CC(C)Nc1ccc(S(=O)(=O)c2ccccc2)cc1. The van der Waals surface area contributed by atoms with Gasteiger partial charge in [-0.05, 0) is 50.2 Å². The highest BCUT2D eigenvalue weighted by Crippen LogP contribution is 2.22.